The molecule has 2 aliphatic rings. The van der Waals surface area contributed by atoms with Gasteiger partial charge in [-0.3, -0.25) is 24.1 Å². The summed E-state index contributed by atoms with van der Waals surface area (Å²) in [6, 6.07) is 7.16. The SMILES string of the molecule is COc1ccc(/C=C2/SC(=O)N(CCNC(=O)c3[nH]c4c(c3C)C(=O)CC(C)(C)C4)C2=O)cc1. The van der Waals surface area contributed by atoms with Crippen LogP contribution in [-0.2, 0) is 11.2 Å². The number of methoxy groups -OCH3 is 1. The Morgan fingerprint density at radius 1 is 1.21 bits per heavy atom. The molecule has 3 amide bonds. The zero-order valence-electron chi connectivity index (χ0n) is 19.6. The normalized spacial score (nSPS) is 18.4. The molecular formula is C25H27N3O5S. The highest BCUT2D eigenvalue weighted by Crippen LogP contribution is 2.37. The van der Waals surface area contributed by atoms with Gasteiger partial charge in [-0.25, -0.2) is 0 Å². The summed E-state index contributed by atoms with van der Waals surface area (Å²) in [7, 11) is 1.57. The monoisotopic (exact) mass is 481 g/mol. The maximum atomic E-state index is 12.8. The van der Waals surface area contributed by atoms with E-state index in [2.05, 4.69) is 10.3 Å². The van der Waals surface area contributed by atoms with Crippen molar-refractivity contribution < 1.29 is 23.9 Å². The number of nitrogens with zero attached hydrogens (tertiary/aromatic N) is 1. The average Bonchev–Trinajstić information content (AvgIpc) is 3.24. The third-order valence-electron chi connectivity index (χ3n) is 6.04. The van der Waals surface area contributed by atoms with Crippen molar-refractivity contribution in [1.82, 2.24) is 15.2 Å². The Morgan fingerprint density at radius 2 is 1.91 bits per heavy atom. The molecule has 0 spiro atoms. The van der Waals surface area contributed by atoms with Crippen LogP contribution in [0.4, 0.5) is 4.79 Å². The van der Waals surface area contributed by atoms with Gasteiger partial charge < -0.3 is 15.0 Å². The number of Topliss-reactive ketones (excluding diaryl/α,β-unsaturated/α-hetero) is 1. The summed E-state index contributed by atoms with van der Waals surface area (Å²) in [6.07, 6.45) is 2.80. The van der Waals surface area contributed by atoms with E-state index in [0.29, 0.717) is 40.3 Å². The number of hydrogen-bond donors (Lipinski definition) is 2. The van der Waals surface area contributed by atoms with Gasteiger partial charge in [0.25, 0.3) is 17.1 Å². The molecule has 34 heavy (non-hydrogen) atoms. The molecule has 1 aromatic carbocycles. The fourth-order valence-electron chi connectivity index (χ4n) is 4.37. The van der Waals surface area contributed by atoms with Gasteiger partial charge in [-0.2, -0.15) is 0 Å². The van der Waals surface area contributed by atoms with Gasteiger partial charge in [0.05, 0.1) is 12.0 Å². The molecule has 0 atom stereocenters. The van der Waals surface area contributed by atoms with E-state index in [-0.39, 0.29) is 41.3 Å². The maximum absolute atomic E-state index is 12.8. The van der Waals surface area contributed by atoms with Crippen LogP contribution in [0.25, 0.3) is 6.08 Å². The zero-order valence-corrected chi connectivity index (χ0v) is 20.4. The van der Waals surface area contributed by atoms with Crippen molar-refractivity contribution in [2.45, 2.75) is 33.6 Å². The molecule has 1 aliphatic carbocycles. The minimum absolute atomic E-state index is 0.0421. The van der Waals surface area contributed by atoms with Crippen molar-refractivity contribution in [3.63, 3.8) is 0 Å². The standard InChI is InChI=1S/C25H27N3O5S/c1-14-20-17(12-25(2,3)13-18(20)29)27-21(14)22(30)26-9-10-28-23(31)19(34-24(28)32)11-15-5-7-16(33-4)8-6-15/h5-8,11,27H,9-10,12-13H2,1-4H3,(H,26,30)/b19-11+. The fourth-order valence-corrected chi connectivity index (χ4v) is 5.24. The van der Waals surface area contributed by atoms with Gasteiger partial charge in [-0.05, 0) is 59.9 Å². The highest BCUT2D eigenvalue weighted by molar-refractivity contribution is 8.18. The number of rotatable bonds is 6. The Kier molecular flexibility index (Phi) is 6.40. The highest BCUT2D eigenvalue weighted by Gasteiger charge is 2.36. The Labute approximate surface area is 202 Å². The predicted molar refractivity (Wildman–Crippen MR) is 130 cm³/mol. The molecule has 0 unspecified atom stereocenters. The molecule has 2 heterocycles. The molecule has 8 nitrogen and oxygen atoms in total. The van der Waals surface area contributed by atoms with Crippen molar-refractivity contribution in [3.05, 3.63) is 57.2 Å². The molecule has 1 aliphatic heterocycles. The minimum Gasteiger partial charge on any atom is -0.497 e. The first-order valence-electron chi connectivity index (χ1n) is 11.0. The smallest absolute Gasteiger partial charge is 0.293 e. The first-order chi connectivity index (χ1) is 16.1. The van der Waals surface area contributed by atoms with Crippen LogP contribution in [0.15, 0.2) is 29.2 Å². The van der Waals surface area contributed by atoms with Crippen LogP contribution >= 0.6 is 11.8 Å². The quantitative estimate of drug-likeness (QED) is 0.605. The lowest BCUT2D eigenvalue weighted by Crippen LogP contribution is -2.37. The molecule has 0 radical (unpaired) electrons. The largest absolute Gasteiger partial charge is 0.497 e. The van der Waals surface area contributed by atoms with Crippen LogP contribution < -0.4 is 10.1 Å². The lowest BCUT2D eigenvalue weighted by molar-refractivity contribution is -0.122. The summed E-state index contributed by atoms with van der Waals surface area (Å²) in [4.78, 5) is 55.0. The molecule has 0 saturated carbocycles. The molecular weight excluding hydrogens is 454 g/mol. The van der Waals surface area contributed by atoms with Crippen LogP contribution in [0, 0.1) is 12.3 Å². The molecule has 1 fully saturated rings. The van der Waals surface area contributed by atoms with Crippen LogP contribution in [-0.4, -0.2) is 52.9 Å². The second-order valence-corrected chi connectivity index (χ2v) is 10.3. The Balaban J connectivity index is 1.38. The molecule has 9 heteroatoms. The third-order valence-corrected chi connectivity index (χ3v) is 6.94. The van der Waals surface area contributed by atoms with Crippen molar-refractivity contribution in [2.24, 2.45) is 5.41 Å². The predicted octanol–water partition coefficient (Wildman–Crippen LogP) is 3.95. The number of imide groups is 1. The number of thioether (sulfide) groups is 1. The average molecular weight is 482 g/mol. The second kappa shape index (κ2) is 9.13. The molecule has 1 saturated heterocycles. The van der Waals surface area contributed by atoms with Crippen LogP contribution in [0.2, 0.25) is 0 Å². The number of carbonyl (C=O) groups is 4. The molecule has 0 bridgehead atoms. The minimum atomic E-state index is -0.389. The summed E-state index contributed by atoms with van der Waals surface area (Å²) >= 11 is 0.873. The van der Waals surface area contributed by atoms with Gasteiger partial charge in [0, 0.05) is 30.8 Å². The van der Waals surface area contributed by atoms with E-state index in [1.165, 1.54) is 0 Å². The number of fused-ring (bicyclic) bond motifs is 1. The van der Waals surface area contributed by atoms with E-state index in [9.17, 15) is 19.2 Å². The molecule has 2 N–H and O–H groups in total. The third kappa shape index (κ3) is 4.65. The first kappa shape index (κ1) is 23.8. The summed E-state index contributed by atoms with van der Waals surface area (Å²) in [5, 5.41) is 2.38. The van der Waals surface area contributed by atoms with Gasteiger partial charge in [0.1, 0.15) is 11.4 Å². The van der Waals surface area contributed by atoms with Crippen molar-refractivity contribution >= 4 is 40.7 Å². The van der Waals surface area contributed by atoms with Gasteiger partial charge in [-0.1, -0.05) is 26.0 Å². The van der Waals surface area contributed by atoms with E-state index in [1.807, 2.05) is 13.8 Å². The number of aromatic amines is 1. The van der Waals surface area contributed by atoms with Crippen LogP contribution in [0.1, 0.15) is 57.9 Å². The number of aromatic nitrogens is 1. The van der Waals surface area contributed by atoms with E-state index in [4.69, 9.17) is 4.74 Å². The first-order valence-corrected chi connectivity index (χ1v) is 11.8. The van der Waals surface area contributed by atoms with Gasteiger partial charge in [0.2, 0.25) is 0 Å². The number of H-pyrrole nitrogens is 1. The number of nitrogens with one attached hydrogen (secondary N) is 2. The van der Waals surface area contributed by atoms with Gasteiger partial charge in [0.15, 0.2) is 5.78 Å². The van der Waals surface area contributed by atoms with Crippen molar-refractivity contribution in [1.29, 1.82) is 0 Å². The summed E-state index contributed by atoms with van der Waals surface area (Å²) in [5.74, 6) is -0.00888. The number of benzene rings is 1. The van der Waals surface area contributed by atoms with E-state index in [1.54, 1.807) is 44.4 Å². The topological polar surface area (TPSA) is 109 Å². The Morgan fingerprint density at radius 3 is 2.59 bits per heavy atom. The lowest BCUT2D eigenvalue weighted by Gasteiger charge is -2.28. The maximum Gasteiger partial charge on any atom is 0.293 e. The lowest BCUT2D eigenvalue weighted by atomic mass is 9.75. The van der Waals surface area contributed by atoms with Crippen molar-refractivity contribution in [3.8, 4) is 5.75 Å². The molecule has 4 rings (SSSR count). The fraction of sp³-hybridized carbons (Fsp3) is 0.360. The molecule has 2 aromatic rings. The zero-order chi connectivity index (χ0) is 24.6. The van der Waals surface area contributed by atoms with Crippen molar-refractivity contribution in [2.75, 3.05) is 20.2 Å². The Hall–Kier alpha value is -3.33. The van der Waals surface area contributed by atoms with Crippen LogP contribution in [0.5, 0.6) is 5.75 Å². The Bertz CT molecular complexity index is 1210. The number of amides is 3. The van der Waals surface area contributed by atoms with Crippen LogP contribution in [0.3, 0.4) is 0 Å². The highest BCUT2D eigenvalue weighted by atomic mass is 32.2. The summed E-state index contributed by atoms with van der Waals surface area (Å²) in [5.41, 5.74) is 3.02. The number of ketones is 1. The molecule has 1 aromatic heterocycles. The second-order valence-electron chi connectivity index (χ2n) is 9.28. The van der Waals surface area contributed by atoms with Gasteiger partial charge >= 0.3 is 0 Å². The summed E-state index contributed by atoms with van der Waals surface area (Å²) < 4.78 is 5.13. The number of hydrogen-bond acceptors (Lipinski definition) is 6. The summed E-state index contributed by atoms with van der Waals surface area (Å²) in [6.45, 7) is 5.99. The number of ether oxygens (including phenoxy) is 1. The van der Waals surface area contributed by atoms with E-state index in [0.717, 1.165) is 27.9 Å². The number of carbonyl (C=O) groups excluding carboxylic acids is 4. The van der Waals surface area contributed by atoms with E-state index < -0.39 is 0 Å². The van der Waals surface area contributed by atoms with E-state index >= 15 is 0 Å². The molecule has 178 valence electrons. The van der Waals surface area contributed by atoms with Gasteiger partial charge in [-0.15, -0.1) is 0 Å².